The van der Waals surface area contributed by atoms with Crippen molar-refractivity contribution in [3.63, 3.8) is 0 Å². The minimum Gasteiger partial charge on any atom is -0.494 e. The highest BCUT2D eigenvalue weighted by atomic mass is 16.5. The van der Waals surface area contributed by atoms with Crippen LogP contribution in [0.1, 0.15) is 52.9 Å². The molecule has 1 saturated heterocycles. The number of aromatic amines is 1. The number of hydrogen-bond donors (Lipinski definition) is 1. The molecule has 3 aromatic rings. The third kappa shape index (κ3) is 5.37. The van der Waals surface area contributed by atoms with Gasteiger partial charge in [0.15, 0.2) is 0 Å². The molecule has 1 atom stereocenters. The predicted molar refractivity (Wildman–Crippen MR) is 126 cm³/mol. The summed E-state index contributed by atoms with van der Waals surface area (Å²) in [5.41, 5.74) is 4.05. The fourth-order valence-corrected chi connectivity index (χ4v) is 4.46. The van der Waals surface area contributed by atoms with E-state index in [0.717, 1.165) is 49.5 Å². The Labute approximate surface area is 190 Å². The summed E-state index contributed by atoms with van der Waals surface area (Å²) in [6.07, 6.45) is 3.85. The number of aromatic nitrogens is 2. The Kier molecular flexibility index (Phi) is 7.22. The zero-order valence-corrected chi connectivity index (χ0v) is 19.0. The van der Waals surface area contributed by atoms with Crippen molar-refractivity contribution in [1.82, 2.24) is 20.0 Å². The van der Waals surface area contributed by atoms with Crippen LogP contribution in [0.2, 0.25) is 0 Å². The highest BCUT2D eigenvalue weighted by molar-refractivity contribution is 5.95. The van der Waals surface area contributed by atoms with Crippen molar-refractivity contribution < 1.29 is 9.53 Å². The number of piperidine rings is 1. The molecule has 4 rings (SSSR count). The zero-order valence-electron chi connectivity index (χ0n) is 19.0. The lowest BCUT2D eigenvalue weighted by atomic mass is 9.92. The maximum absolute atomic E-state index is 13.2. The molecule has 1 aliphatic heterocycles. The number of hydrogen-bond acceptors (Lipinski definition) is 4. The van der Waals surface area contributed by atoms with Crippen LogP contribution < -0.4 is 4.74 Å². The van der Waals surface area contributed by atoms with Gasteiger partial charge in [-0.1, -0.05) is 42.5 Å². The number of H-pyrrole nitrogens is 1. The molecule has 1 aromatic heterocycles. The van der Waals surface area contributed by atoms with Crippen LogP contribution in [0.5, 0.6) is 5.75 Å². The summed E-state index contributed by atoms with van der Waals surface area (Å²) in [4.78, 5) is 17.4. The molecule has 6 nitrogen and oxygen atoms in total. The van der Waals surface area contributed by atoms with Crippen LogP contribution in [0.4, 0.5) is 0 Å². The number of amides is 1. The van der Waals surface area contributed by atoms with Gasteiger partial charge in [-0.3, -0.25) is 14.8 Å². The number of rotatable bonds is 8. The molecule has 1 unspecified atom stereocenters. The van der Waals surface area contributed by atoms with Crippen LogP contribution >= 0.6 is 0 Å². The Balaban J connectivity index is 1.40. The number of carbonyl (C=O) groups excluding carboxylic acids is 1. The second-order valence-electron chi connectivity index (χ2n) is 8.50. The maximum atomic E-state index is 13.2. The van der Waals surface area contributed by atoms with Crippen molar-refractivity contribution in [3.05, 3.63) is 83.2 Å². The zero-order chi connectivity index (χ0) is 22.3. The van der Waals surface area contributed by atoms with Crippen LogP contribution in [-0.4, -0.2) is 52.6 Å². The van der Waals surface area contributed by atoms with Gasteiger partial charge in [0, 0.05) is 32.6 Å². The van der Waals surface area contributed by atoms with Crippen LogP contribution in [0.25, 0.3) is 0 Å². The van der Waals surface area contributed by atoms with E-state index in [9.17, 15) is 4.79 Å². The SMILES string of the molecule is CCOc1ccc(CN2CCCC(c3[nH]ncc3C(=O)N(C)Cc3ccccc3)C2)cc1. The first-order chi connectivity index (χ1) is 15.6. The lowest BCUT2D eigenvalue weighted by Gasteiger charge is -2.32. The molecule has 6 heteroatoms. The van der Waals surface area contributed by atoms with Gasteiger partial charge in [0.25, 0.3) is 5.91 Å². The van der Waals surface area contributed by atoms with E-state index in [-0.39, 0.29) is 11.8 Å². The molecule has 32 heavy (non-hydrogen) atoms. The normalized spacial score (nSPS) is 16.6. The molecule has 1 aliphatic rings. The van der Waals surface area contributed by atoms with Crippen LogP contribution in [0.3, 0.4) is 0 Å². The third-order valence-corrected chi connectivity index (χ3v) is 6.06. The van der Waals surface area contributed by atoms with Gasteiger partial charge in [0.1, 0.15) is 5.75 Å². The average Bonchev–Trinajstić information content (AvgIpc) is 3.31. The minimum atomic E-state index is 0.0150. The first-order valence-electron chi connectivity index (χ1n) is 11.4. The molecule has 168 valence electrons. The number of benzene rings is 2. The Bertz CT molecular complexity index is 1000. The second kappa shape index (κ2) is 10.5. The number of ether oxygens (including phenoxy) is 1. The van der Waals surface area contributed by atoms with Gasteiger partial charge in [-0.05, 0) is 49.6 Å². The Hall–Kier alpha value is -3.12. The monoisotopic (exact) mass is 432 g/mol. The molecule has 0 aliphatic carbocycles. The third-order valence-electron chi connectivity index (χ3n) is 6.06. The quantitative estimate of drug-likeness (QED) is 0.571. The molecule has 2 heterocycles. The number of nitrogens with zero attached hydrogens (tertiary/aromatic N) is 3. The molecule has 0 spiro atoms. The van der Waals surface area contributed by atoms with E-state index in [4.69, 9.17) is 4.74 Å². The lowest BCUT2D eigenvalue weighted by molar-refractivity contribution is 0.0782. The minimum absolute atomic E-state index is 0.0150. The van der Waals surface area contributed by atoms with Crippen molar-refractivity contribution in [2.45, 2.75) is 38.8 Å². The highest BCUT2D eigenvalue weighted by Crippen LogP contribution is 2.29. The summed E-state index contributed by atoms with van der Waals surface area (Å²) < 4.78 is 5.55. The molecule has 0 radical (unpaired) electrons. The summed E-state index contributed by atoms with van der Waals surface area (Å²) in [6, 6.07) is 18.4. The predicted octanol–water partition coefficient (Wildman–Crippen LogP) is 4.46. The van der Waals surface area contributed by atoms with Crippen molar-refractivity contribution in [2.24, 2.45) is 0 Å². The molecule has 1 N–H and O–H groups in total. The summed E-state index contributed by atoms with van der Waals surface area (Å²) in [5, 5.41) is 7.38. The van der Waals surface area contributed by atoms with E-state index in [1.54, 1.807) is 11.1 Å². The first kappa shape index (κ1) is 22.1. The topological polar surface area (TPSA) is 61.5 Å². The van der Waals surface area contributed by atoms with Gasteiger partial charge in [-0.15, -0.1) is 0 Å². The van der Waals surface area contributed by atoms with Crippen LogP contribution in [0, 0.1) is 0 Å². The van der Waals surface area contributed by atoms with Crippen molar-refractivity contribution in [3.8, 4) is 5.75 Å². The number of likely N-dealkylation sites (tertiary alicyclic amines) is 1. The van der Waals surface area contributed by atoms with E-state index in [1.807, 2.05) is 56.4 Å². The maximum Gasteiger partial charge on any atom is 0.257 e. The second-order valence-corrected chi connectivity index (χ2v) is 8.50. The van der Waals surface area contributed by atoms with E-state index in [0.29, 0.717) is 18.7 Å². The molecule has 0 saturated carbocycles. The van der Waals surface area contributed by atoms with E-state index >= 15 is 0 Å². The van der Waals surface area contributed by atoms with Gasteiger partial charge >= 0.3 is 0 Å². The molecular formula is C26H32N4O2. The molecule has 0 bridgehead atoms. The van der Waals surface area contributed by atoms with Crippen molar-refractivity contribution >= 4 is 5.91 Å². The molecule has 1 fully saturated rings. The average molecular weight is 433 g/mol. The Morgan fingerprint density at radius 2 is 1.94 bits per heavy atom. The van der Waals surface area contributed by atoms with Gasteiger partial charge in [0.05, 0.1) is 24.1 Å². The van der Waals surface area contributed by atoms with Gasteiger partial charge in [-0.25, -0.2) is 0 Å². The van der Waals surface area contributed by atoms with Gasteiger partial charge < -0.3 is 9.64 Å². The summed E-state index contributed by atoms with van der Waals surface area (Å²) in [7, 11) is 1.85. The molecule has 2 aromatic carbocycles. The number of carbonyl (C=O) groups is 1. The fourth-order valence-electron chi connectivity index (χ4n) is 4.46. The van der Waals surface area contributed by atoms with E-state index in [2.05, 4.69) is 27.2 Å². The Morgan fingerprint density at radius 3 is 2.69 bits per heavy atom. The lowest BCUT2D eigenvalue weighted by Crippen LogP contribution is -2.35. The fraction of sp³-hybridized carbons (Fsp3) is 0.385. The highest BCUT2D eigenvalue weighted by Gasteiger charge is 2.28. The smallest absolute Gasteiger partial charge is 0.257 e. The standard InChI is InChI=1S/C26H32N4O2/c1-3-32-23-13-11-21(12-14-23)18-30-15-7-10-22(19-30)25-24(16-27-28-25)26(31)29(2)17-20-8-5-4-6-9-20/h4-6,8-9,11-14,16,22H,3,7,10,15,17-19H2,1-2H3,(H,27,28). The van der Waals surface area contributed by atoms with Gasteiger partial charge in [-0.2, -0.15) is 5.10 Å². The molecular weight excluding hydrogens is 400 g/mol. The van der Waals surface area contributed by atoms with Crippen LogP contribution in [0.15, 0.2) is 60.8 Å². The summed E-state index contributed by atoms with van der Waals surface area (Å²) >= 11 is 0. The summed E-state index contributed by atoms with van der Waals surface area (Å²) in [6.45, 7) is 6.13. The van der Waals surface area contributed by atoms with E-state index < -0.39 is 0 Å². The molecule has 1 amide bonds. The van der Waals surface area contributed by atoms with Crippen LogP contribution in [-0.2, 0) is 13.1 Å². The van der Waals surface area contributed by atoms with E-state index in [1.165, 1.54) is 5.56 Å². The Morgan fingerprint density at radius 1 is 1.16 bits per heavy atom. The first-order valence-corrected chi connectivity index (χ1v) is 11.4. The van der Waals surface area contributed by atoms with Crippen molar-refractivity contribution in [1.29, 1.82) is 0 Å². The van der Waals surface area contributed by atoms with Gasteiger partial charge in [0.2, 0.25) is 0 Å². The number of nitrogens with one attached hydrogen (secondary N) is 1. The van der Waals surface area contributed by atoms with Crippen molar-refractivity contribution in [2.75, 3.05) is 26.7 Å². The largest absolute Gasteiger partial charge is 0.494 e. The summed E-state index contributed by atoms with van der Waals surface area (Å²) in [5.74, 6) is 1.20.